The first-order chi connectivity index (χ1) is 11.7. The number of aryl methyl sites for hydroxylation is 1. The Kier molecular flexibility index (Phi) is 3.31. The summed E-state index contributed by atoms with van der Waals surface area (Å²) in [5.41, 5.74) is 9.35. The van der Waals surface area contributed by atoms with Gasteiger partial charge in [0.05, 0.1) is 5.69 Å². The van der Waals surface area contributed by atoms with Gasteiger partial charge >= 0.3 is 0 Å². The van der Waals surface area contributed by atoms with Crippen molar-refractivity contribution in [3.05, 3.63) is 60.2 Å². The van der Waals surface area contributed by atoms with Crippen molar-refractivity contribution < 1.29 is 4.52 Å². The molecule has 0 aliphatic rings. The average Bonchev–Trinajstić information content (AvgIpc) is 3.23. The molecular weight excluding hydrogens is 304 g/mol. The van der Waals surface area contributed by atoms with E-state index in [1.807, 2.05) is 61.5 Å². The lowest BCUT2D eigenvalue weighted by Gasteiger charge is -2.01. The average molecular weight is 318 g/mol. The molecule has 24 heavy (non-hydrogen) atoms. The molecule has 2 heterocycles. The highest BCUT2D eigenvalue weighted by atomic mass is 16.5. The molecule has 2 aromatic heterocycles. The first-order valence-corrected chi connectivity index (χ1v) is 7.40. The van der Waals surface area contributed by atoms with Gasteiger partial charge in [0.1, 0.15) is 0 Å². The van der Waals surface area contributed by atoms with Crippen LogP contribution in [-0.2, 0) is 0 Å². The molecule has 7 nitrogen and oxygen atoms in total. The normalized spacial score (nSPS) is 10.9. The van der Waals surface area contributed by atoms with Crippen LogP contribution in [0.15, 0.2) is 59.1 Å². The molecule has 0 bridgehead atoms. The second kappa shape index (κ2) is 5.62. The van der Waals surface area contributed by atoms with E-state index < -0.39 is 0 Å². The fourth-order valence-electron chi connectivity index (χ4n) is 2.34. The maximum absolute atomic E-state index is 6.15. The summed E-state index contributed by atoms with van der Waals surface area (Å²) < 4.78 is 6.84. The fraction of sp³-hybridized carbons (Fsp3) is 0.0588. The van der Waals surface area contributed by atoms with Crippen molar-refractivity contribution in [1.82, 2.24) is 25.1 Å². The Bertz CT molecular complexity index is 972. The maximum atomic E-state index is 6.15. The zero-order valence-corrected chi connectivity index (χ0v) is 12.9. The van der Waals surface area contributed by atoms with E-state index in [9.17, 15) is 0 Å². The summed E-state index contributed by atoms with van der Waals surface area (Å²) in [6.45, 7) is 2.02. The fourth-order valence-corrected chi connectivity index (χ4v) is 2.34. The van der Waals surface area contributed by atoms with E-state index in [-0.39, 0.29) is 5.89 Å². The Morgan fingerprint density at radius 1 is 1.00 bits per heavy atom. The van der Waals surface area contributed by atoms with Crippen molar-refractivity contribution >= 4 is 5.82 Å². The minimum absolute atomic E-state index is 0.241. The standard InChI is InChI=1S/C17H14N6O/c1-11-7-9-12(10-8-11)16-19-17(24-21-16)14-15(18)23(22-20-14)13-5-3-2-4-6-13/h2-10H,18H2,1H3. The van der Waals surface area contributed by atoms with E-state index in [0.29, 0.717) is 17.3 Å². The van der Waals surface area contributed by atoms with Gasteiger partial charge in [-0.05, 0) is 19.1 Å². The van der Waals surface area contributed by atoms with Gasteiger partial charge in [-0.2, -0.15) is 9.67 Å². The van der Waals surface area contributed by atoms with Gasteiger partial charge in [-0.3, -0.25) is 0 Å². The van der Waals surface area contributed by atoms with E-state index in [2.05, 4.69) is 20.5 Å². The lowest BCUT2D eigenvalue weighted by atomic mass is 10.1. The third-order valence-corrected chi connectivity index (χ3v) is 3.64. The van der Waals surface area contributed by atoms with Gasteiger partial charge in [0.2, 0.25) is 5.82 Å². The van der Waals surface area contributed by atoms with Gasteiger partial charge in [0.15, 0.2) is 11.5 Å². The zero-order chi connectivity index (χ0) is 16.5. The van der Waals surface area contributed by atoms with E-state index in [4.69, 9.17) is 10.3 Å². The lowest BCUT2D eigenvalue weighted by molar-refractivity contribution is 0.431. The van der Waals surface area contributed by atoms with Crippen LogP contribution in [0.5, 0.6) is 0 Å². The van der Waals surface area contributed by atoms with Crippen LogP contribution < -0.4 is 5.73 Å². The summed E-state index contributed by atoms with van der Waals surface area (Å²) in [5.74, 6) is 1.07. The molecule has 0 amide bonds. The zero-order valence-electron chi connectivity index (χ0n) is 12.9. The molecule has 4 rings (SSSR count). The van der Waals surface area contributed by atoms with Crippen LogP contribution in [0.2, 0.25) is 0 Å². The Morgan fingerprint density at radius 3 is 2.50 bits per heavy atom. The SMILES string of the molecule is Cc1ccc(-c2noc(-c3nnn(-c4ccccc4)c3N)n2)cc1. The quantitative estimate of drug-likeness (QED) is 0.624. The molecule has 2 aromatic carbocycles. The Hall–Kier alpha value is -3.48. The van der Waals surface area contributed by atoms with Crippen LogP contribution in [-0.4, -0.2) is 25.1 Å². The van der Waals surface area contributed by atoms with Crippen LogP contribution in [0.1, 0.15) is 5.56 Å². The minimum Gasteiger partial charge on any atom is -0.382 e. The summed E-state index contributed by atoms with van der Waals surface area (Å²) in [6, 6.07) is 17.4. The summed E-state index contributed by atoms with van der Waals surface area (Å²) in [4.78, 5) is 4.37. The summed E-state index contributed by atoms with van der Waals surface area (Å²) in [6.07, 6.45) is 0. The highest BCUT2D eigenvalue weighted by Crippen LogP contribution is 2.26. The number of nitrogens with two attached hydrogens (primary N) is 1. The molecule has 0 saturated carbocycles. The molecule has 7 heteroatoms. The largest absolute Gasteiger partial charge is 0.382 e. The summed E-state index contributed by atoms with van der Waals surface area (Å²) in [7, 11) is 0. The Morgan fingerprint density at radius 2 is 1.75 bits per heavy atom. The number of rotatable bonds is 3. The smallest absolute Gasteiger partial charge is 0.282 e. The molecule has 0 saturated heterocycles. The van der Waals surface area contributed by atoms with Crippen LogP contribution in [0.4, 0.5) is 5.82 Å². The first kappa shape index (κ1) is 14.1. The molecule has 2 N–H and O–H groups in total. The number of nitrogen functional groups attached to an aromatic ring is 1. The van der Waals surface area contributed by atoms with Crippen LogP contribution in [0.3, 0.4) is 0 Å². The molecule has 0 radical (unpaired) electrons. The predicted molar refractivity (Wildman–Crippen MR) is 89.2 cm³/mol. The van der Waals surface area contributed by atoms with Gasteiger partial charge < -0.3 is 10.3 Å². The minimum atomic E-state index is 0.241. The topological polar surface area (TPSA) is 95.7 Å². The van der Waals surface area contributed by atoms with Gasteiger partial charge in [-0.1, -0.05) is 58.4 Å². The number of hydrogen-bond donors (Lipinski definition) is 1. The molecule has 4 aromatic rings. The predicted octanol–water partition coefficient (Wildman–Crippen LogP) is 2.87. The van der Waals surface area contributed by atoms with E-state index in [1.54, 1.807) is 0 Å². The molecule has 0 atom stereocenters. The molecule has 0 unspecified atom stereocenters. The summed E-state index contributed by atoms with van der Waals surface area (Å²) >= 11 is 0. The molecular formula is C17H14N6O. The van der Waals surface area contributed by atoms with Crippen molar-refractivity contribution in [2.75, 3.05) is 5.73 Å². The monoisotopic (exact) mass is 318 g/mol. The first-order valence-electron chi connectivity index (χ1n) is 7.40. The Balaban J connectivity index is 1.71. The molecule has 0 aliphatic heterocycles. The number of benzene rings is 2. The number of aromatic nitrogens is 5. The molecule has 0 fully saturated rings. The van der Waals surface area contributed by atoms with E-state index in [0.717, 1.165) is 16.8 Å². The van der Waals surface area contributed by atoms with Crippen LogP contribution in [0.25, 0.3) is 28.7 Å². The number of nitrogens with zero attached hydrogens (tertiary/aromatic N) is 5. The van der Waals surface area contributed by atoms with Crippen molar-refractivity contribution in [3.63, 3.8) is 0 Å². The highest BCUT2D eigenvalue weighted by Gasteiger charge is 2.19. The summed E-state index contributed by atoms with van der Waals surface area (Å²) in [5, 5.41) is 12.1. The third-order valence-electron chi connectivity index (χ3n) is 3.64. The molecule has 0 aliphatic carbocycles. The second-order valence-electron chi connectivity index (χ2n) is 5.36. The van der Waals surface area contributed by atoms with Gasteiger partial charge in [0, 0.05) is 5.56 Å². The highest BCUT2D eigenvalue weighted by molar-refractivity contribution is 5.66. The number of hydrogen-bond acceptors (Lipinski definition) is 6. The van der Waals surface area contributed by atoms with Crippen molar-refractivity contribution in [3.8, 4) is 28.7 Å². The van der Waals surface area contributed by atoms with Crippen molar-refractivity contribution in [2.24, 2.45) is 0 Å². The van der Waals surface area contributed by atoms with E-state index >= 15 is 0 Å². The maximum Gasteiger partial charge on any atom is 0.282 e. The second-order valence-corrected chi connectivity index (χ2v) is 5.36. The number of para-hydroxylation sites is 1. The molecule has 0 spiro atoms. The lowest BCUT2D eigenvalue weighted by Crippen LogP contribution is -2.01. The number of anilines is 1. The van der Waals surface area contributed by atoms with Crippen LogP contribution >= 0.6 is 0 Å². The van der Waals surface area contributed by atoms with Gasteiger partial charge in [0.25, 0.3) is 5.89 Å². The van der Waals surface area contributed by atoms with E-state index in [1.165, 1.54) is 4.68 Å². The van der Waals surface area contributed by atoms with Gasteiger partial charge in [-0.25, -0.2) is 0 Å². The van der Waals surface area contributed by atoms with Crippen LogP contribution in [0, 0.1) is 6.92 Å². The Labute approximate surface area is 137 Å². The van der Waals surface area contributed by atoms with Gasteiger partial charge in [-0.15, -0.1) is 5.10 Å². The van der Waals surface area contributed by atoms with Crippen molar-refractivity contribution in [1.29, 1.82) is 0 Å². The van der Waals surface area contributed by atoms with Crippen molar-refractivity contribution in [2.45, 2.75) is 6.92 Å². The molecule has 118 valence electrons. The third kappa shape index (κ3) is 2.41.